The number of hydrogen-bond donors (Lipinski definition) is 2. The van der Waals surface area contributed by atoms with Gasteiger partial charge in [0.15, 0.2) is 0 Å². The lowest BCUT2D eigenvalue weighted by atomic mass is 9.80. The molecular weight excluding hydrogens is 260 g/mol. The van der Waals surface area contributed by atoms with Crippen LogP contribution in [0.1, 0.15) is 29.9 Å². The van der Waals surface area contributed by atoms with E-state index in [0.717, 1.165) is 19.4 Å². The average molecular weight is 282 g/mol. The van der Waals surface area contributed by atoms with Gasteiger partial charge in [0.05, 0.1) is 12.1 Å². The molecule has 3 heteroatoms. The van der Waals surface area contributed by atoms with Crippen LogP contribution in [0.2, 0.25) is 0 Å². The van der Waals surface area contributed by atoms with E-state index in [0.29, 0.717) is 0 Å². The molecule has 0 saturated carbocycles. The Labute approximate surface area is 126 Å². The molecule has 110 valence electrons. The van der Waals surface area contributed by atoms with E-state index in [2.05, 4.69) is 24.3 Å². The molecule has 3 N–H and O–H groups in total. The van der Waals surface area contributed by atoms with Gasteiger partial charge in [-0.2, -0.15) is 0 Å². The van der Waals surface area contributed by atoms with Crippen LogP contribution in [-0.2, 0) is 0 Å². The number of nitrogens with two attached hydrogens (primary N) is 1. The molecule has 0 amide bonds. The molecule has 21 heavy (non-hydrogen) atoms. The lowest BCUT2D eigenvalue weighted by Crippen LogP contribution is -2.54. The van der Waals surface area contributed by atoms with E-state index in [1.165, 1.54) is 11.1 Å². The van der Waals surface area contributed by atoms with Crippen molar-refractivity contribution < 1.29 is 5.11 Å². The topological polar surface area (TPSA) is 49.5 Å². The second-order valence-electron chi connectivity index (χ2n) is 5.74. The van der Waals surface area contributed by atoms with Gasteiger partial charge >= 0.3 is 0 Å². The van der Waals surface area contributed by atoms with Crippen molar-refractivity contribution in [3.63, 3.8) is 0 Å². The fourth-order valence-electron chi connectivity index (χ4n) is 3.35. The summed E-state index contributed by atoms with van der Waals surface area (Å²) in [4.78, 5) is 0. The summed E-state index contributed by atoms with van der Waals surface area (Å²) in [5.41, 5.74) is 2.40. The highest BCUT2D eigenvalue weighted by molar-refractivity contribution is 5.35. The molecule has 0 aliphatic carbocycles. The number of hydrogen-bond acceptors (Lipinski definition) is 3. The molecule has 1 aliphatic heterocycles. The third-order valence-electron chi connectivity index (χ3n) is 4.35. The number of benzene rings is 2. The quantitative estimate of drug-likeness (QED) is 0.851. The monoisotopic (exact) mass is 282 g/mol. The number of aliphatic hydroxyl groups excluding tert-OH is 1. The van der Waals surface area contributed by atoms with Crippen molar-refractivity contribution in [3.8, 4) is 0 Å². The van der Waals surface area contributed by atoms with Crippen molar-refractivity contribution in [1.29, 1.82) is 0 Å². The van der Waals surface area contributed by atoms with Crippen LogP contribution < -0.4 is 5.84 Å². The third-order valence-corrected chi connectivity index (χ3v) is 4.35. The molecule has 3 nitrogen and oxygen atoms in total. The molecule has 1 aliphatic rings. The molecule has 0 bridgehead atoms. The highest BCUT2D eigenvalue weighted by Crippen LogP contribution is 2.34. The van der Waals surface area contributed by atoms with Gasteiger partial charge in [-0.05, 0) is 24.0 Å². The van der Waals surface area contributed by atoms with Gasteiger partial charge in [-0.15, -0.1) is 0 Å². The Bertz CT molecular complexity index is 508. The molecule has 0 unspecified atom stereocenters. The number of piperidine rings is 1. The van der Waals surface area contributed by atoms with Crippen LogP contribution in [0, 0.1) is 0 Å². The predicted octanol–water partition coefficient (Wildman–Crippen LogP) is 2.52. The van der Waals surface area contributed by atoms with E-state index in [4.69, 9.17) is 5.84 Å². The van der Waals surface area contributed by atoms with Crippen LogP contribution in [0.4, 0.5) is 0 Å². The number of hydrazine groups is 1. The summed E-state index contributed by atoms with van der Waals surface area (Å²) < 4.78 is 0. The highest BCUT2D eigenvalue weighted by atomic mass is 16.3. The van der Waals surface area contributed by atoms with Gasteiger partial charge < -0.3 is 5.11 Å². The van der Waals surface area contributed by atoms with Crippen LogP contribution in [-0.4, -0.2) is 28.8 Å². The first-order valence-electron chi connectivity index (χ1n) is 7.56. The zero-order valence-electron chi connectivity index (χ0n) is 12.1. The van der Waals surface area contributed by atoms with Gasteiger partial charge in [-0.1, -0.05) is 60.7 Å². The van der Waals surface area contributed by atoms with Crippen molar-refractivity contribution in [2.75, 3.05) is 6.54 Å². The summed E-state index contributed by atoms with van der Waals surface area (Å²) in [6, 6.07) is 20.6. The third kappa shape index (κ3) is 3.00. The largest absolute Gasteiger partial charge is 0.391 e. The van der Waals surface area contributed by atoms with Gasteiger partial charge in [-0.3, -0.25) is 5.84 Å². The Morgan fingerprint density at radius 1 is 0.952 bits per heavy atom. The van der Waals surface area contributed by atoms with Gasteiger partial charge in [0.2, 0.25) is 0 Å². The molecule has 1 heterocycles. The minimum Gasteiger partial charge on any atom is -0.391 e. The van der Waals surface area contributed by atoms with Crippen molar-refractivity contribution in [1.82, 2.24) is 5.01 Å². The van der Waals surface area contributed by atoms with Crippen LogP contribution >= 0.6 is 0 Å². The summed E-state index contributed by atoms with van der Waals surface area (Å²) >= 11 is 0. The summed E-state index contributed by atoms with van der Waals surface area (Å²) in [5.74, 6) is 6.31. The van der Waals surface area contributed by atoms with Gasteiger partial charge in [0, 0.05) is 12.5 Å². The number of nitrogens with zero attached hydrogens (tertiary/aromatic N) is 1. The fraction of sp³-hybridized carbons (Fsp3) is 0.333. The second-order valence-corrected chi connectivity index (χ2v) is 5.74. The van der Waals surface area contributed by atoms with Gasteiger partial charge in [0.1, 0.15) is 0 Å². The van der Waals surface area contributed by atoms with E-state index < -0.39 is 6.10 Å². The first-order chi connectivity index (χ1) is 10.3. The number of rotatable bonds is 3. The fourth-order valence-corrected chi connectivity index (χ4v) is 3.35. The van der Waals surface area contributed by atoms with Crippen LogP contribution in [0.3, 0.4) is 0 Å². The van der Waals surface area contributed by atoms with Crippen LogP contribution in [0.15, 0.2) is 60.7 Å². The first kappa shape index (κ1) is 14.3. The van der Waals surface area contributed by atoms with Crippen molar-refractivity contribution in [2.45, 2.75) is 30.9 Å². The van der Waals surface area contributed by atoms with Gasteiger partial charge in [-0.25, -0.2) is 5.01 Å². The smallest absolute Gasteiger partial charge is 0.0719 e. The van der Waals surface area contributed by atoms with Crippen molar-refractivity contribution >= 4 is 0 Å². The van der Waals surface area contributed by atoms with Gasteiger partial charge in [0.25, 0.3) is 0 Å². The summed E-state index contributed by atoms with van der Waals surface area (Å²) in [6.45, 7) is 0.831. The molecule has 0 radical (unpaired) electrons. The maximum absolute atomic E-state index is 10.5. The SMILES string of the molecule is NN1CCC[C@H](O)[C@H]1C(c1ccccc1)c1ccccc1. The zero-order valence-corrected chi connectivity index (χ0v) is 12.1. The molecule has 3 rings (SSSR count). The standard InChI is InChI=1S/C18H22N2O/c19-20-13-7-12-16(21)18(20)17(14-8-3-1-4-9-14)15-10-5-2-6-11-15/h1-6,8-11,16-18,21H,7,12-13,19H2/t16-,18-/m0/s1. The van der Waals surface area contributed by atoms with E-state index in [9.17, 15) is 5.11 Å². The van der Waals surface area contributed by atoms with Crippen molar-refractivity contribution in [3.05, 3.63) is 71.8 Å². The molecule has 0 spiro atoms. The Balaban J connectivity index is 2.04. The first-order valence-corrected chi connectivity index (χ1v) is 7.56. The molecule has 1 saturated heterocycles. The minimum atomic E-state index is -0.394. The number of aliphatic hydroxyl groups is 1. The molecule has 1 fully saturated rings. The molecule has 2 atom stereocenters. The minimum absolute atomic E-state index is 0.0800. The van der Waals surface area contributed by atoms with Crippen molar-refractivity contribution in [2.24, 2.45) is 5.84 Å². The second kappa shape index (κ2) is 6.39. The average Bonchev–Trinajstić information content (AvgIpc) is 2.53. The lowest BCUT2D eigenvalue weighted by Gasteiger charge is -2.41. The normalized spacial score (nSPS) is 23.4. The molecular formula is C18H22N2O. The zero-order chi connectivity index (χ0) is 14.7. The van der Waals surface area contributed by atoms with E-state index in [1.807, 2.05) is 41.4 Å². The predicted molar refractivity (Wildman–Crippen MR) is 84.6 cm³/mol. The van der Waals surface area contributed by atoms with E-state index in [1.54, 1.807) is 0 Å². The lowest BCUT2D eigenvalue weighted by molar-refractivity contribution is 0.00262. The summed E-state index contributed by atoms with van der Waals surface area (Å²) in [7, 11) is 0. The Morgan fingerprint density at radius 2 is 1.48 bits per heavy atom. The molecule has 0 aromatic heterocycles. The van der Waals surface area contributed by atoms with Crippen LogP contribution in [0.25, 0.3) is 0 Å². The summed E-state index contributed by atoms with van der Waals surface area (Å²) in [5, 5.41) is 12.3. The Hall–Kier alpha value is -1.68. The van der Waals surface area contributed by atoms with E-state index >= 15 is 0 Å². The molecule has 2 aromatic rings. The highest BCUT2D eigenvalue weighted by Gasteiger charge is 2.36. The summed E-state index contributed by atoms with van der Waals surface area (Å²) in [6.07, 6.45) is 1.37. The molecule has 2 aromatic carbocycles. The van der Waals surface area contributed by atoms with E-state index in [-0.39, 0.29) is 12.0 Å². The Morgan fingerprint density at radius 3 is 1.95 bits per heavy atom. The maximum Gasteiger partial charge on any atom is 0.0719 e. The van der Waals surface area contributed by atoms with Crippen LogP contribution in [0.5, 0.6) is 0 Å². The Kier molecular flexibility index (Phi) is 4.34. The maximum atomic E-state index is 10.5.